The lowest BCUT2D eigenvalue weighted by molar-refractivity contribution is -0.151. The van der Waals surface area contributed by atoms with E-state index in [4.69, 9.17) is 15.9 Å². The number of methoxy groups -OCH3 is 2. The molecule has 4 nitrogen and oxygen atoms in total. The van der Waals surface area contributed by atoms with Gasteiger partial charge in [0.15, 0.2) is 0 Å². The van der Waals surface area contributed by atoms with E-state index in [9.17, 15) is 4.79 Å². The van der Waals surface area contributed by atoms with E-state index in [0.717, 1.165) is 12.8 Å². The summed E-state index contributed by atoms with van der Waals surface area (Å²) >= 11 is 0. The van der Waals surface area contributed by atoms with E-state index in [1.54, 1.807) is 7.11 Å². The quantitative estimate of drug-likeness (QED) is 0.565. The van der Waals surface area contributed by atoms with Crippen LogP contribution in [0.5, 0.6) is 0 Å². The van der Waals surface area contributed by atoms with Gasteiger partial charge in [-0.05, 0) is 25.7 Å². The van der Waals surface area contributed by atoms with E-state index in [2.05, 4.69) is 11.2 Å². The van der Waals surface area contributed by atoms with Crippen LogP contribution in [0, 0.1) is 12.3 Å². The molecule has 0 heterocycles. The van der Waals surface area contributed by atoms with Gasteiger partial charge in [-0.3, -0.25) is 10.1 Å². The Morgan fingerprint density at radius 1 is 1.50 bits per heavy atom. The zero-order chi connectivity index (χ0) is 12.0. The highest BCUT2D eigenvalue weighted by Gasteiger charge is 2.42. The first-order chi connectivity index (χ1) is 7.68. The Morgan fingerprint density at radius 2 is 2.12 bits per heavy atom. The fourth-order valence-electron chi connectivity index (χ4n) is 2.19. The van der Waals surface area contributed by atoms with Crippen LogP contribution in [-0.4, -0.2) is 38.4 Å². The normalized spacial score (nSPS) is 29.4. The van der Waals surface area contributed by atoms with Crippen LogP contribution in [0.4, 0.5) is 0 Å². The van der Waals surface area contributed by atoms with E-state index in [0.29, 0.717) is 19.4 Å². The minimum absolute atomic E-state index is 0.225. The summed E-state index contributed by atoms with van der Waals surface area (Å²) in [7, 11) is 3.11. The highest BCUT2D eigenvalue weighted by atomic mass is 16.5. The van der Waals surface area contributed by atoms with E-state index >= 15 is 0 Å². The van der Waals surface area contributed by atoms with Crippen LogP contribution >= 0.6 is 0 Å². The number of ether oxygens (including phenoxy) is 2. The summed E-state index contributed by atoms with van der Waals surface area (Å²) in [6.07, 6.45) is 8.57. The van der Waals surface area contributed by atoms with Gasteiger partial charge in [0.1, 0.15) is 5.54 Å². The molecule has 0 unspecified atom stereocenters. The van der Waals surface area contributed by atoms with Gasteiger partial charge in [-0.1, -0.05) is 5.92 Å². The Hall–Kier alpha value is -1.05. The number of carbonyl (C=O) groups is 1. The molecule has 0 bridgehead atoms. The number of carbonyl (C=O) groups excluding carboxylic acids is 1. The fraction of sp³-hybridized carbons (Fsp3) is 0.750. The topological polar surface area (TPSA) is 47.6 Å². The van der Waals surface area contributed by atoms with Crippen LogP contribution in [0.2, 0.25) is 0 Å². The number of rotatable bonds is 4. The zero-order valence-electron chi connectivity index (χ0n) is 9.91. The van der Waals surface area contributed by atoms with Gasteiger partial charge in [0, 0.05) is 7.11 Å². The van der Waals surface area contributed by atoms with Gasteiger partial charge >= 0.3 is 5.97 Å². The molecule has 0 aliphatic heterocycles. The van der Waals surface area contributed by atoms with Gasteiger partial charge < -0.3 is 9.47 Å². The van der Waals surface area contributed by atoms with E-state index in [1.807, 2.05) is 0 Å². The Kier molecular flexibility index (Phi) is 4.78. The molecular formula is C12H19NO3. The molecule has 0 amide bonds. The van der Waals surface area contributed by atoms with Crippen molar-refractivity contribution in [2.24, 2.45) is 0 Å². The lowest BCUT2D eigenvalue weighted by atomic mass is 9.80. The summed E-state index contributed by atoms with van der Waals surface area (Å²) < 4.78 is 10.1. The fourth-order valence-corrected chi connectivity index (χ4v) is 2.19. The minimum Gasteiger partial charge on any atom is -0.468 e. The van der Waals surface area contributed by atoms with Crippen molar-refractivity contribution in [1.82, 2.24) is 5.32 Å². The second-order valence-electron chi connectivity index (χ2n) is 4.07. The van der Waals surface area contributed by atoms with Crippen LogP contribution in [0.3, 0.4) is 0 Å². The van der Waals surface area contributed by atoms with Crippen LogP contribution in [-0.2, 0) is 14.3 Å². The van der Waals surface area contributed by atoms with E-state index in [1.165, 1.54) is 7.11 Å². The van der Waals surface area contributed by atoms with Crippen molar-refractivity contribution in [3.63, 3.8) is 0 Å². The predicted octanol–water partition coefficient (Wildman–Crippen LogP) is 0.710. The number of hydrogen-bond acceptors (Lipinski definition) is 4. The van der Waals surface area contributed by atoms with Crippen molar-refractivity contribution >= 4 is 5.97 Å². The standard InChI is InChI=1S/C12H19NO3/c1-4-9-13-12(11(14)16-3)7-5-10(15-2)6-8-12/h1,10,13H,5-9H2,2-3H3. The van der Waals surface area contributed by atoms with Crippen molar-refractivity contribution in [3.8, 4) is 12.3 Å². The first kappa shape index (κ1) is 13.0. The van der Waals surface area contributed by atoms with Crippen molar-refractivity contribution in [1.29, 1.82) is 0 Å². The summed E-state index contributed by atoms with van der Waals surface area (Å²) in [5, 5.41) is 3.11. The largest absolute Gasteiger partial charge is 0.468 e. The summed E-state index contributed by atoms with van der Waals surface area (Å²) in [4.78, 5) is 11.8. The van der Waals surface area contributed by atoms with Crippen LogP contribution in [0.25, 0.3) is 0 Å². The number of nitrogens with one attached hydrogen (secondary N) is 1. The molecule has 0 saturated heterocycles. The smallest absolute Gasteiger partial charge is 0.326 e. The molecule has 16 heavy (non-hydrogen) atoms. The molecular weight excluding hydrogens is 206 g/mol. The molecule has 1 rings (SSSR count). The Bertz CT molecular complexity index is 274. The van der Waals surface area contributed by atoms with Gasteiger partial charge in [-0.2, -0.15) is 0 Å². The van der Waals surface area contributed by atoms with Crippen LogP contribution in [0.1, 0.15) is 25.7 Å². The molecule has 0 aromatic heterocycles. The first-order valence-electron chi connectivity index (χ1n) is 5.48. The van der Waals surface area contributed by atoms with Crippen LogP contribution < -0.4 is 5.32 Å². The van der Waals surface area contributed by atoms with E-state index < -0.39 is 5.54 Å². The SMILES string of the molecule is C#CCNC1(C(=O)OC)CCC(OC)CC1. The van der Waals surface area contributed by atoms with Gasteiger partial charge in [-0.15, -0.1) is 6.42 Å². The highest BCUT2D eigenvalue weighted by molar-refractivity contribution is 5.81. The molecule has 1 saturated carbocycles. The monoisotopic (exact) mass is 225 g/mol. The molecule has 1 aliphatic rings. The molecule has 0 aromatic carbocycles. The van der Waals surface area contributed by atoms with Crippen LogP contribution in [0.15, 0.2) is 0 Å². The molecule has 0 radical (unpaired) electrons. The second-order valence-corrected chi connectivity index (χ2v) is 4.07. The molecule has 1 aliphatic carbocycles. The first-order valence-corrected chi connectivity index (χ1v) is 5.48. The van der Waals surface area contributed by atoms with Gasteiger partial charge in [0.05, 0.1) is 19.8 Å². The summed E-state index contributed by atoms with van der Waals surface area (Å²) in [5.41, 5.74) is -0.615. The predicted molar refractivity (Wildman–Crippen MR) is 60.8 cm³/mol. The molecule has 0 atom stereocenters. The molecule has 0 aromatic rings. The van der Waals surface area contributed by atoms with Gasteiger partial charge in [0.25, 0.3) is 0 Å². The highest BCUT2D eigenvalue weighted by Crippen LogP contribution is 2.30. The maximum absolute atomic E-state index is 11.8. The summed E-state index contributed by atoms with van der Waals surface area (Å²) in [5.74, 6) is 2.27. The zero-order valence-corrected chi connectivity index (χ0v) is 9.91. The van der Waals surface area contributed by atoms with Crippen molar-refractivity contribution in [2.75, 3.05) is 20.8 Å². The molecule has 90 valence electrons. The minimum atomic E-state index is -0.615. The molecule has 1 N–H and O–H groups in total. The summed E-state index contributed by atoms with van der Waals surface area (Å²) in [6, 6.07) is 0. The number of hydrogen-bond donors (Lipinski definition) is 1. The Labute approximate surface area is 96.7 Å². The summed E-state index contributed by atoms with van der Waals surface area (Å²) in [6.45, 7) is 0.382. The lowest BCUT2D eigenvalue weighted by Crippen LogP contribution is -2.55. The third kappa shape index (κ3) is 2.75. The average Bonchev–Trinajstić information content (AvgIpc) is 2.36. The third-order valence-electron chi connectivity index (χ3n) is 3.22. The Balaban J connectivity index is 2.67. The lowest BCUT2D eigenvalue weighted by Gasteiger charge is -2.37. The molecule has 1 fully saturated rings. The maximum Gasteiger partial charge on any atom is 0.326 e. The maximum atomic E-state index is 11.8. The number of terminal acetylenes is 1. The van der Waals surface area contributed by atoms with Gasteiger partial charge in [-0.25, -0.2) is 0 Å². The number of esters is 1. The van der Waals surface area contributed by atoms with Crippen molar-refractivity contribution in [2.45, 2.75) is 37.3 Å². The van der Waals surface area contributed by atoms with Crippen molar-refractivity contribution < 1.29 is 14.3 Å². The molecule has 0 spiro atoms. The molecule has 4 heteroatoms. The van der Waals surface area contributed by atoms with E-state index in [-0.39, 0.29) is 12.1 Å². The van der Waals surface area contributed by atoms with Gasteiger partial charge in [0.2, 0.25) is 0 Å². The Morgan fingerprint density at radius 3 is 2.56 bits per heavy atom. The second kappa shape index (κ2) is 5.88. The third-order valence-corrected chi connectivity index (χ3v) is 3.22. The average molecular weight is 225 g/mol. The van der Waals surface area contributed by atoms with Crippen molar-refractivity contribution in [3.05, 3.63) is 0 Å².